The van der Waals surface area contributed by atoms with Crippen LogP contribution in [0, 0.1) is 17.8 Å². The number of nitrogens with zero attached hydrogens (tertiary/aromatic N) is 1. The number of piperidine rings is 2. The molecule has 0 aromatic carbocycles. The van der Waals surface area contributed by atoms with Crippen LogP contribution in [0.3, 0.4) is 0 Å². The monoisotopic (exact) mass is 181 g/mol. The molecule has 0 spiro atoms. The van der Waals surface area contributed by atoms with Gasteiger partial charge in [-0.15, -0.1) is 0 Å². The Morgan fingerprint density at radius 1 is 1.23 bits per heavy atom. The first-order chi connectivity index (χ1) is 6.10. The van der Waals surface area contributed by atoms with E-state index < -0.39 is 0 Å². The molecule has 2 saturated heterocycles. The van der Waals surface area contributed by atoms with Crippen LogP contribution < -0.4 is 0 Å². The van der Waals surface area contributed by atoms with Crippen LogP contribution in [-0.2, 0) is 0 Å². The smallest absolute Gasteiger partial charge is 0.0441 e. The van der Waals surface area contributed by atoms with Crippen molar-refractivity contribution in [2.24, 2.45) is 17.8 Å². The van der Waals surface area contributed by atoms with Gasteiger partial charge in [0.15, 0.2) is 0 Å². The lowest BCUT2D eigenvalue weighted by Crippen LogP contribution is -2.65. The van der Waals surface area contributed by atoms with E-state index in [1.54, 1.807) is 5.06 Å². The lowest BCUT2D eigenvalue weighted by atomic mass is 9.55. The molecule has 13 heavy (non-hydrogen) atoms. The van der Waals surface area contributed by atoms with Crippen molar-refractivity contribution in [1.29, 1.82) is 0 Å². The van der Waals surface area contributed by atoms with E-state index in [1.807, 2.05) is 0 Å². The fourth-order valence-electron chi connectivity index (χ4n) is 4.19. The van der Waals surface area contributed by atoms with Crippen LogP contribution in [0.2, 0.25) is 0 Å². The summed E-state index contributed by atoms with van der Waals surface area (Å²) in [6, 6.07) is 0.485. The van der Waals surface area contributed by atoms with Crippen LogP contribution in [0.1, 0.15) is 39.5 Å². The van der Waals surface area contributed by atoms with Gasteiger partial charge in [0.1, 0.15) is 0 Å². The van der Waals surface area contributed by atoms with E-state index in [4.69, 9.17) is 0 Å². The molecule has 2 heteroatoms. The lowest BCUT2D eigenvalue weighted by Gasteiger charge is -2.62. The van der Waals surface area contributed by atoms with Crippen LogP contribution in [0.4, 0.5) is 0 Å². The third kappa shape index (κ3) is 0.909. The van der Waals surface area contributed by atoms with Gasteiger partial charge >= 0.3 is 0 Å². The highest BCUT2D eigenvalue weighted by Crippen LogP contribution is 2.56. The number of hydrogen-bond acceptors (Lipinski definition) is 2. The molecule has 2 nitrogen and oxygen atoms in total. The quantitative estimate of drug-likeness (QED) is 0.619. The first-order valence-corrected chi connectivity index (χ1v) is 5.58. The Hall–Kier alpha value is -0.0800. The molecule has 2 saturated carbocycles. The Labute approximate surface area is 79.9 Å². The highest BCUT2D eigenvalue weighted by atomic mass is 16.5. The largest absolute Gasteiger partial charge is 0.313 e. The van der Waals surface area contributed by atoms with E-state index in [0.717, 1.165) is 17.8 Å². The topological polar surface area (TPSA) is 23.5 Å². The van der Waals surface area contributed by atoms with Gasteiger partial charge in [-0.1, -0.05) is 6.92 Å². The highest BCUT2D eigenvalue weighted by molar-refractivity contribution is 5.07. The van der Waals surface area contributed by atoms with Crippen molar-refractivity contribution in [3.8, 4) is 0 Å². The van der Waals surface area contributed by atoms with E-state index >= 15 is 0 Å². The Balaban J connectivity index is 1.97. The molecule has 0 radical (unpaired) electrons. The second kappa shape index (κ2) is 2.29. The minimum Gasteiger partial charge on any atom is -0.313 e. The summed E-state index contributed by atoms with van der Waals surface area (Å²) in [5, 5.41) is 11.7. The summed E-state index contributed by atoms with van der Waals surface area (Å²) in [5.41, 5.74) is 0.128. The SMILES string of the molecule is CC1C2CC3CC1CC(C)(C2)N3O. The highest BCUT2D eigenvalue weighted by Gasteiger charge is 2.55. The summed E-state index contributed by atoms with van der Waals surface area (Å²) in [6.07, 6.45) is 4.92. The summed E-state index contributed by atoms with van der Waals surface area (Å²) >= 11 is 0. The molecule has 2 atom stereocenters. The van der Waals surface area contributed by atoms with E-state index in [1.165, 1.54) is 25.7 Å². The van der Waals surface area contributed by atoms with E-state index in [9.17, 15) is 5.21 Å². The molecule has 0 aromatic heterocycles. The van der Waals surface area contributed by atoms with Crippen LogP contribution in [0.15, 0.2) is 0 Å². The Morgan fingerprint density at radius 3 is 2.23 bits per heavy atom. The lowest BCUT2D eigenvalue weighted by molar-refractivity contribution is -0.279. The minimum absolute atomic E-state index is 0.128. The molecule has 4 bridgehead atoms. The van der Waals surface area contributed by atoms with E-state index in [0.29, 0.717) is 6.04 Å². The molecule has 1 N–H and O–H groups in total. The van der Waals surface area contributed by atoms with Gasteiger partial charge in [-0.05, 0) is 50.4 Å². The van der Waals surface area contributed by atoms with Gasteiger partial charge in [0.2, 0.25) is 0 Å². The van der Waals surface area contributed by atoms with Gasteiger partial charge in [0, 0.05) is 11.6 Å². The fraction of sp³-hybridized carbons (Fsp3) is 1.00. The zero-order valence-electron chi connectivity index (χ0n) is 8.53. The van der Waals surface area contributed by atoms with Crippen LogP contribution >= 0.6 is 0 Å². The van der Waals surface area contributed by atoms with Crippen molar-refractivity contribution in [2.75, 3.05) is 0 Å². The van der Waals surface area contributed by atoms with Gasteiger partial charge in [0.25, 0.3) is 0 Å². The molecule has 4 rings (SSSR count). The minimum atomic E-state index is 0.128. The third-order valence-corrected chi connectivity index (χ3v) is 4.94. The maximum absolute atomic E-state index is 10.0. The number of hydrogen-bond donors (Lipinski definition) is 1. The first-order valence-electron chi connectivity index (χ1n) is 5.58. The van der Waals surface area contributed by atoms with Crippen molar-refractivity contribution < 1.29 is 5.21 Å². The molecule has 4 fully saturated rings. The molecular formula is C11H19NO. The Morgan fingerprint density at radius 2 is 1.77 bits per heavy atom. The van der Waals surface area contributed by atoms with Gasteiger partial charge in [-0.3, -0.25) is 0 Å². The Bertz CT molecular complexity index is 224. The second-order valence-corrected chi connectivity index (χ2v) is 5.75. The molecule has 74 valence electrons. The van der Waals surface area contributed by atoms with Crippen molar-refractivity contribution in [3.05, 3.63) is 0 Å². The summed E-state index contributed by atoms with van der Waals surface area (Å²) in [5.74, 6) is 2.70. The maximum atomic E-state index is 10.0. The summed E-state index contributed by atoms with van der Waals surface area (Å²) in [6.45, 7) is 4.66. The zero-order valence-corrected chi connectivity index (χ0v) is 8.53. The predicted octanol–water partition coefficient (Wildman–Crippen LogP) is 2.27. The molecule has 2 unspecified atom stereocenters. The second-order valence-electron chi connectivity index (χ2n) is 5.75. The van der Waals surface area contributed by atoms with Crippen molar-refractivity contribution in [2.45, 2.75) is 51.1 Å². The Kier molecular flexibility index (Phi) is 1.45. The summed E-state index contributed by atoms with van der Waals surface area (Å²) < 4.78 is 0. The molecule has 0 amide bonds. The molecule has 2 aliphatic heterocycles. The van der Waals surface area contributed by atoms with Gasteiger partial charge < -0.3 is 5.21 Å². The normalized spacial score (nSPS) is 60.2. The van der Waals surface area contributed by atoms with Gasteiger partial charge in [0.05, 0.1) is 0 Å². The number of hydroxylamine groups is 2. The van der Waals surface area contributed by atoms with Crippen LogP contribution in [0.5, 0.6) is 0 Å². The molecular weight excluding hydrogens is 162 g/mol. The average molecular weight is 181 g/mol. The molecule has 0 aromatic rings. The van der Waals surface area contributed by atoms with E-state index in [2.05, 4.69) is 13.8 Å². The van der Waals surface area contributed by atoms with Gasteiger partial charge in [-0.2, -0.15) is 5.06 Å². The molecule has 2 aliphatic carbocycles. The van der Waals surface area contributed by atoms with E-state index in [-0.39, 0.29) is 5.54 Å². The third-order valence-electron chi connectivity index (χ3n) is 4.94. The zero-order chi connectivity index (χ0) is 9.22. The maximum Gasteiger partial charge on any atom is 0.0441 e. The predicted molar refractivity (Wildman–Crippen MR) is 50.4 cm³/mol. The standard InChI is InChI=1S/C11H19NO/c1-7-8-3-10-4-9(7)6-11(2,5-8)12(10)13/h7-10,13H,3-6H2,1-2H3. The first kappa shape index (κ1) is 8.25. The van der Waals surface area contributed by atoms with Crippen molar-refractivity contribution in [1.82, 2.24) is 5.06 Å². The molecule has 2 heterocycles. The number of rotatable bonds is 0. The summed E-state index contributed by atoms with van der Waals surface area (Å²) in [4.78, 5) is 0. The van der Waals surface area contributed by atoms with Crippen LogP contribution in [-0.4, -0.2) is 21.9 Å². The summed E-state index contributed by atoms with van der Waals surface area (Å²) in [7, 11) is 0. The van der Waals surface area contributed by atoms with Crippen LogP contribution in [0.25, 0.3) is 0 Å². The fourth-order valence-corrected chi connectivity index (χ4v) is 4.19. The molecule has 4 aliphatic rings. The van der Waals surface area contributed by atoms with Crippen molar-refractivity contribution in [3.63, 3.8) is 0 Å². The van der Waals surface area contributed by atoms with Gasteiger partial charge in [-0.25, -0.2) is 0 Å². The average Bonchev–Trinajstić information content (AvgIpc) is 2.05. The van der Waals surface area contributed by atoms with Crippen molar-refractivity contribution >= 4 is 0 Å².